The van der Waals surface area contributed by atoms with Crippen molar-refractivity contribution in [3.05, 3.63) is 28.2 Å². The van der Waals surface area contributed by atoms with E-state index in [0.717, 1.165) is 48.0 Å². The van der Waals surface area contributed by atoms with E-state index in [0.29, 0.717) is 6.04 Å². The molecule has 2 rings (SSSR count). The number of aliphatic carboxylic acids is 1. The summed E-state index contributed by atoms with van der Waals surface area (Å²) in [4.78, 5) is 10.9. The average molecular weight is 342 g/mol. The lowest BCUT2D eigenvalue weighted by atomic mass is 9.86. The van der Waals surface area contributed by atoms with Crippen LogP contribution < -0.4 is 10.1 Å². The molecule has 0 amide bonds. The predicted molar refractivity (Wildman–Crippen MR) is 80.9 cm³/mol. The molecule has 0 aliphatic heterocycles. The molecule has 0 bridgehead atoms. The number of hydrogen-bond acceptors (Lipinski definition) is 3. The number of rotatable bonds is 5. The third-order valence-electron chi connectivity index (χ3n) is 3.91. The Kier molecular flexibility index (Phi) is 5.43. The van der Waals surface area contributed by atoms with Gasteiger partial charge in [0.05, 0.1) is 13.0 Å². The molecule has 1 aliphatic carbocycles. The minimum atomic E-state index is -0.654. The van der Waals surface area contributed by atoms with E-state index in [1.807, 2.05) is 18.2 Å². The molecule has 1 saturated carbocycles. The fraction of sp³-hybridized carbons (Fsp3) is 0.533. The van der Waals surface area contributed by atoms with Crippen molar-refractivity contribution in [3.8, 4) is 5.75 Å². The number of carboxylic acid groups (broad SMARTS) is 1. The molecule has 20 heavy (non-hydrogen) atoms. The van der Waals surface area contributed by atoms with Crippen LogP contribution in [0.1, 0.15) is 31.2 Å². The number of hydrogen-bond donors (Lipinski definition) is 2. The summed E-state index contributed by atoms with van der Waals surface area (Å²) < 4.78 is 6.29. The van der Waals surface area contributed by atoms with Crippen molar-refractivity contribution in [3.63, 3.8) is 0 Å². The van der Waals surface area contributed by atoms with Gasteiger partial charge >= 0.3 is 5.97 Å². The van der Waals surface area contributed by atoms with Crippen LogP contribution in [0.4, 0.5) is 0 Å². The third-order valence-corrected chi connectivity index (χ3v) is 4.68. The molecule has 2 N–H and O–H groups in total. The van der Waals surface area contributed by atoms with Crippen molar-refractivity contribution in [1.82, 2.24) is 5.32 Å². The summed E-state index contributed by atoms with van der Waals surface area (Å²) in [5, 5.41) is 12.5. The molecule has 0 aromatic heterocycles. The maximum Gasteiger partial charge on any atom is 0.306 e. The molecule has 0 saturated heterocycles. The van der Waals surface area contributed by atoms with Crippen LogP contribution >= 0.6 is 15.9 Å². The second-order valence-corrected chi connectivity index (χ2v) is 6.08. The van der Waals surface area contributed by atoms with Crippen molar-refractivity contribution < 1.29 is 14.6 Å². The number of carbonyl (C=O) groups is 1. The van der Waals surface area contributed by atoms with Gasteiger partial charge in [-0.05, 0) is 49.4 Å². The van der Waals surface area contributed by atoms with Gasteiger partial charge in [0.2, 0.25) is 0 Å². The monoisotopic (exact) mass is 341 g/mol. The largest absolute Gasteiger partial charge is 0.497 e. The van der Waals surface area contributed by atoms with Gasteiger partial charge in [-0.1, -0.05) is 15.9 Å². The molecule has 5 heteroatoms. The Morgan fingerprint density at radius 1 is 1.40 bits per heavy atom. The quantitative estimate of drug-likeness (QED) is 0.863. The molecule has 1 aliphatic rings. The van der Waals surface area contributed by atoms with Crippen LogP contribution in [0, 0.1) is 5.92 Å². The number of nitrogens with one attached hydrogen (secondary N) is 1. The fourth-order valence-electron chi connectivity index (χ4n) is 2.61. The van der Waals surface area contributed by atoms with Gasteiger partial charge in [0.25, 0.3) is 0 Å². The van der Waals surface area contributed by atoms with Crippen molar-refractivity contribution in [2.45, 2.75) is 38.3 Å². The lowest BCUT2D eigenvalue weighted by Gasteiger charge is -2.27. The topological polar surface area (TPSA) is 58.6 Å². The third kappa shape index (κ3) is 3.96. The van der Waals surface area contributed by atoms with Crippen LogP contribution in [0.3, 0.4) is 0 Å². The standard InChI is InChI=1S/C15H20BrNO3/c1-20-13-6-7-14(16)11(8-13)9-17-12-4-2-10(3-5-12)15(18)19/h6-8,10,12,17H,2-5,9H2,1H3,(H,18,19). The van der Waals surface area contributed by atoms with Gasteiger partial charge in [0.1, 0.15) is 5.75 Å². The maximum atomic E-state index is 10.9. The van der Waals surface area contributed by atoms with Gasteiger partial charge in [0, 0.05) is 17.1 Å². The van der Waals surface area contributed by atoms with Crippen molar-refractivity contribution in [2.24, 2.45) is 5.92 Å². The molecule has 0 atom stereocenters. The molecule has 110 valence electrons. The van der Waals surface area contributed by atoms with Crippen LogP contribution in [-0.4, -0.2) is 24.2 Å². The van der Waals surface area contributed by atoms with Gasteiger partial charge in [-0.2, -0.15) is 0 Å². The number of halogens is 1. The Morgan fingerprint density at radius 3 is 2.70 bits per heavy atom. The van der Waals surface area contributed by atoms with E-state index >= 15 is 0 Å². The SMILES string of the molecule is COc1ccc(Br)c(CNC2CCC(C(=O)O)CC2)c1. The summed E-state index contributed by atoms with van der Waals surface area (Å²) >= 11 is 3.54. The Morgan fingerprint density at radius 2 is 2.10 bits per heavy atom. The van der Waals surface area contributed by atoms with Crippen molar-refractivity contribution in [1.29, 1.82) is 0 Å². The van der Waals surface area contributed by atoms with E-state index in [4.69, 9.17) is 9.84 Å². The molecule has 0 heterocycles. The summed E-state index contributed by atoms with van der Waals surface area (Å²) in [6, 6.07) is 6.33. The second-order valence-electron chi connectivity index (χ2n) is 5.23. The lowest BCUT2D eigenvalue weighted by Crippen LogP contribution is -2.34. The first-order valence-corrected chi connectivity index (χ1v) is 7.68. The first kappa shape index (κ1) is 15.3. The van der Waals surface area contributed by atoms with Crippen LogP contribution in [0.15, 0.2) is 22.7 Å². The number of ether oxygens (including phenoxy) is 1. The normalized spacial score (nSPS) is 22.5. The van der Waals surface area contributed by atoms with E-state index < -0.39 is 5.97 Å². The van der Waals surface area contributed by atoms with Gasteiger partial charge in [0.15, 0.2) is 0 Å². The summed E-state index contributed by atoms with van der Waals surface area (Å²) in [7, 11) is 1.66. The molecular weight excluding hydrogens is 322 g/mol. The Bertz CT molecular complexity index is 470. The minimum absolute atomic E-state index is 0.156. The average Bonchev–Trinajstić information content (AvgIpc) is 2.47. The van der Waals surface area contributed by atoms with E-state index in [2.05, 4.69) is 21.2 Å². The van der Waals surface area contributed by atoms with E-state index in [9.17, 15) is 4.79 Å². The minimum Gasteiger partial charge on any atom is -0.497 e. The zero-order valence-corrected chi connectivity index (χ0v) is 13.1. The lowest BCUT2D eigenvalue weighted by molar-refractivity contribution is -0.142. The molecule has 0 spiro atoms. The summed E-state index contributed by atoms with van der Waals surface area (Å²) in [6.45, 7) is 0.764. The Labute approximate surface area is 127 Å². The highest BCUT2D eigenvalue weighted by Gasteiger charge is 2.25. The van der Waals surface area contributed by atoms with Crippen molar-refractivity contribution in [2.75, 3.05) is 7.11 Å². The smallest absolute Gasteiger partial charge is 0.306 e. The van der Waals surface area contributed by atoms with Crippen LogP contribution in [0.25, 0.3) is 0 Å². The highest BCUT2D eigenvalue weighted by Crippen LogP contribution is 2.26. The zero-order chi connectivity index (χ0) is 14.5. The van der Waals surface area contributed by atoms with Gasteiger partial charge in [-0.15, -0.1) is 0 Å². The molecule has 0 radical (unpaired) electrons. The van der Waals surface area contributed by atoms with Crippen LogP contribution in [-0.2, 0) is 11.3 Å². The number of benzene rings is 1. The van der Waals surface area contributed by atoms with Gasteiger partial charge in [-0.3, -0.25) is 4.79 Å². The highest BCUT2D eigenvalue weighted by atomic mass is 79.9. The van der Waals surface area contributed by atoms with E-state index in [-0.39, 0.29) is 5.92 Å². The fourth-order valence-corrected chi connectivity index (χ4v) is 3.00. The number of carboxylic acids is 1. The highest BCUT2D eigenvalue weighted by molar-refractivity contribution is 9.10. The molecule has 1 aromatic carbocycles. The van der Waals surface area contributed by atoms with E-state index in [1.165, 1.54) is 0 Å². The molecule has 1 fully saturated rings. The van der Waals surface area contributed by atoms with Crippen LogP contribution in [0.2, 0.25) is 0 Å². The maximum absolute atomic E-state index is 10.9. The molecule has 1 aromatic rings. The summed E-state index contributed by atoms with van der Waals surface area (Å²) in [5.41, 5.74) is 1.16. The van der Waals surface area contributed by atoms with Gasteiger partial charge < -0.3 is 15.2 Å². The van der Waals surface area contributed by atoms with Crippen LogP contribution in [0.5, 0.6) is 5.75 Å². The molecule has 0 unspecified atom stereocenters. The summed E-state index contributed by atoms with van der Waals surface area (Å²) in [6.07, 6.45) is 3.40. The Hall–Kier alpha value is -1.07. The predicted octanol–water partition coefficient (Wildman–Crippen LogP) is 3.19. The number of methoxy groups -OCH3 is 1. The zero-order valence-electron chi connectivity index (χ0n) is 11.6. The molecule has 4 nitrogen and oxygen atoms in total. The van der Waals surface area contributed by atoms with Gasteiger partial charge in [-0.25, -0.2) is 0 Å². The van der Waals surface area contributed by atoms with Crippen molar-refractivity contribution >= 4 is 21.9 Å². The first-order chi connectivity index (χ1) is 9.60. The molecular formula is C15H20BrNO3. The van der Waals surface area contributed by atoms with E-state index in [1.54, 1.807) is 7.11 Å². The summed E-state index contributed by atoms with van der Waals surface area (Å²) in [5.74, 6) is 0.0372. The first-order valence-electron chi connectivity index (χ1n) is 6.88. The Balaban J connectivity index is 1.86. The second kappa shape index (κ2) is 7.09.